The first kappa shape index (κ1) is 53.9. The van der Waals surface area contributed by atoms with Crippen molar-refractivity contribution >= 4 is 57.9 Å². The quantitative estimate of drug-likeness (QED) is 0.0270. The van der Waals surface area contributed by atoms with Crippen LogP contribution in [0.25, 0.3) is 36.0 Å². The van der Waals surface area contributed by atoms with Crippen molar-refractivity contribution in [3.05, 3.63) is 160 Å². The zero-order valence-corrected chi connectivity index (χ0v) is 41.0. The summed E-state index contributed by atoms with van der Waals surface area (Å²) in [6.07, 6.45) is 9.22. The van der Waals surface area contributed by atoms with Gasteiger partial charge in [0.1, 0.15) is 28.6 Å². The van der Waals surface area contributed by atoms with Crippen molar-refractivity contribution in [2.75, 3.05) is 62.9 Å². The number of para-hydroxylation sites is 1. The van der Waals surface area contributed by atoms with Crippen LogP contribution in [0.1, 0.15) is 50.7 Å². The van der Waals surface area contributed by atoms with Crippen molar-refractivity contribution in [2.24, 2.45) is 5.14 Å². The Morgan fingerprint density at radius 3 is 1.61 bits per heavy atom. The predicted molar refractivity (Wildman–Crippen MR) is 270 cm³/mol. The Labute approximate surface area is 413 Å². The van der Waals surface area contributed by atoms with Crippen molar-refractivity contribution in [3.8, 4) is 46.0 Å². The first-order valence-corrected chi connectivity index (χ1v) is 23.1. The molecule has 3 N–H and O–H groups in total. The lowest BCUT2D eigenvalue weighted by atomic mass is 10.0. The number of hydrogen-bond donors (Lipinski definition) is 2. The smallest absolute Gasteiger partial charge is 0.344 e. The number of methoxy groups -OCH3 is 6. The van der Waals surface area contributed by atoms with Crippen LogP contribution in [0, 0.1) is 0 Å². The molecule has 0 spiro atoms. The first-order valence-electron chi connectivity index (χ1n) is 21.6. The molecule has 0 saturated heterocycles. The van der Waals surface area contributed by atoms with Crippen LogP contribution in [-0.2, 0) is 29.0 Å². The highest BCUT2D eigenvalue weighted by molar-refractivity contribution is 7.89. The zero-order valence-electron chi connectivity index (χ0n) is 40.2. The Morgan fingerprint density at radius 1 is 0.606 bits per heavy atom. The van der Waals surface area contributed by atoms with Crippen LogP contribution in [-0.4, -0.2) is 88.3 Å². The van der Waals surface area contributed by atoms with Crippen molar-refractivity contribution in [3.63, 3.8) is 0 Å². The number of phenolic OH excluding ortho intramolecular Hbond substituents is 1. The number of carbonyl (C=O) groups is 2. The van der Waals surface area contributed by atoms with E-state index < -0.39 is 16.0 Å². The van der Waals surface area contributed by atoms with Gasteiger partial charge in [-0.25, -0.2) is 23.1 Å². The van der Waals surface area contributed by atoms with Gasteiger partial charge in [0.15, 0.2) is 36.6 Å². The summed E-state index contributed by atoms with van der Waals surface area (Å²) in [5.74, 6) is 3.25. The van der Waals surface area contributed by atoms with Gasteiger partial charge in [-0.3, -0.25) is 0 Å². The standard InChI is InChI=1S/C19H18O6.C19H20O5.C16H17NO4S/c1-21-11-23-14-7-13(8-15(10-14)24-12-22-2)9-17-16-5-3-4-6-18(16)25-19(17)20;1-4-24-19(21)15-11-13(7-9-16(15)20)5-6-14-8-10-17(22-2)18(12-14)23-3;1-20-15-10-7-13(11-16(15)21-2)4-3-12-5-8-14(9-6-12)22(17,18)19/h3-10H,11-12H2,1-2H3;5-12,20H,4H2,1-3H3;3-11H,1-2H3,(H2,17,18,19)/b17-9-;6-5+;4-3+. The van der Waals surface area contributed by atoms with Crippen molar-refractivity contribution < 1.29 is 70.5 Å². The lowest BCUT2D eigenvalue weighted by molar-refractivity contribution is -0.126. The van der Waals surface area contributed by atoms with Crippen molar-refractivity contribution in [1.29, 1.82) is 0 Å². The van der Waals surface area contributed by atoms with Gasteiger partial charge >= 0.3 is 11.9 Å². The largest absolute Gasteiger partial charge is 0.507 e. The van der Waals surface area contributed by atoms with E-state index in [4.69, 9.17) is 52.5 Å². The molecule has 0 aliphatic carbocycles. The normalized spacial score (nSPS) is 12.2. The summed E-state index contributed by atoms with van der Waals surface area (Å²) in [5.41, 5.74) is 5.61. The van der Waals surface area contributed by atoms with Gasteiger partial charge in [0.25, 0.3) is 0 Å². The summed E-state index contributed by atoms with van der Waals surface area (Å²) in [5, 5.41) is 14.8. The maximum Gasteiger partial charge on any atom is 0.344 e. The average Bonchev–Trinajstić information content (AvgIpc) is 3.70. The third-order valence-electron chi connectivity index (χ3n) is 9.98. The molecule has 1 aliphatic heterocycles. The molecular weight excluding hydrogens is 935 g/mol. The molecule has 0 amide bonds. The third kappa shape index (κ3) is 15.7. The number of aromatic hydroxyl groups is 1. The Bertz CT molecular complexity index is 2940. The summed E-state index contributed by atoms with van der Waals surface area (Å²) in [4.78, 5) is 24.1. The highest BCUT2D eigenvalue weighted by atomic mass is 32.2. The van der Waals surface area contributed by atoms with Crippen LogP contribution >= 0.6 is 0 Å². The Morgan fingerprint density at radius 2 is 1.10 bits per heavy atom. The van der Waals surface area contributed by atoms with Crippen LogP contribution < -0.4 is 38.3 Å². The molecule has 0 aromatic heterocycles. The number of benzene rings is 6. The van der Waals surface area contributed by atoms with E-state index in [1.54, 1.807) is 104 Å². The van der Waals surface area contributed by atoms with E-state index in [2.05, 4.69) is 0 Å². The van der Waals surface area contributed by atoms with Gasteiger partial charge in [0, 0.05) is 25.8 Å². The lowest BCUT2D eigenvalue weighted by Gasteiger charge is -2.10. The first-order chi connectivity index (χ1) is 34.2. The lowest BCUT2D eigenvalue weighted by Crippen LogP contribution is -2.11. The molecular formula is C54H55NO15S. The number of carbonyl (C=O) groups excluding carboxylic acids is 2. The Hall–Kier alpha value is -8.09. The number of ether oxygens (including phenoxy) is 10. The van der Waals surface area contributed by atoms with Gasteiger partial charge < -0.3 is 52.5 Å². The molecule has 1 heterocycles. The molecule has 17 heteroatoms. The molecule has 0 unspecified atom stereocenters. The minimum Gasteiger partial charge on any atom is -0.507 e. The molecule has 6 aromatic carbocycles. The zero-order chi connectivity index (χ0) is 51.3. The van der Waals surface area contributed by atoms with E-state index in [1.165, 1.54) is 18.2 Å². The molecule has 0 bridgehead atoms. The molecule has 6 aromatic rings. The van der Waals surface area contributed by atoms with E-state index in [0.29, 0.717) is 45.8 Å². The highest BCUT2D eigenvalue weighted by Gasteiger charge is 2.26. The second-order valence-corrected chi connectivity index (χ2v) is 16.4. The fourth-order valence-corrected chi connectivity index (χ4v) is 7.06. The van der Waals surface area contributed by atoms with Crippen LogP contribution in [0.15, 0.2) is 126 Å². The molecule has 16 nitrogen and oxygen atoms in total. The molecule has 71 heavy (non-hydrogen) atoms. The number of rotatable bonds is 18. The Balaban J connectivity index is 0.000000199. The monoisotopic (exact) mass is 989 g/mol. The number of esters is 2. The van der Waals surface area contributed by atoms with Crippen molar-refractivity contribution in [1.82, 2.24) is 0 Å². The minimum atomic E-state index is -3.66. The van der Waals surface area contributed by atoms with Crippen LogP contribution in [0.2, 0.25) is 0 Å². The van der Waals surface area contributed by atoms with Gasteiger partial charge in [-0.2, -0.15) is 0 Å². The number of fused-ring (bicyclic) bond motifs is 1. The van der Waals surface area contributed by atoms with E-state index in [0.717, 1.165) is 33.4 Å². The summed E-state index contributed by atoms with van der Waals surface area (Å²) < 4.78 is 74.3. The van der Waals surface area contributed by atoms with E-state index in [-0.39, 0.29) is 42.4 Å². The molecule has 0 fully saturated rings. The summed E-state index contributed by atoms with van der Waals surface area (Å²) in [6.45, 7) is 2.18. The van der Waals surface area contributed by atoms with Crippen LogP contribution in [0.4, 0.5) is 0 Å². The van der Waals surface area contributed by atoms with Crippen molar-refractivity contribution in [2.45, 2.75) is 11.8 Å². The molecule has 0 radical (unpaired) electrons. The fraction of sp³-hybridized carbons (Fsp3) is 0.185. The van der Waals surface area contributed by atoms with E-state index in [1.807, 2.05) is 78.9 Å². The van der Waals surface area contributed by atoms with Crippen LogP contribution in [0.5, 0.6) is 46.0 Å². The van der Waals surface area contributed by atoms with Gasteiger partial charge in [-0.1, -0.05) is 72.8 Å². The second-order valence-electron chi connectivity index (χ2n) is 14.8. The van der Waals surface area contributed by atoms with Crippen LogP contribution in [0.3, 0.4) is 0 Å². The summed E-state index contributed by atoms with van der Waals surface area (Å²) in [6, 6.07) is 34.9. The Kier molecular flexibility index (Phi) is 20.2. The molecule has 7 rings (SSSR count). The maximum absolute atomic E-state index is 12.2. The van der Waals surface area contributed by atoms with Gasteiger partial charge in [-0.05, 0) is 108 Å². The second kappa shape index (κ2) is 26.6. The SMILES string of the molecule is CCOC(=O)c1cc(/C=C/c2ccc(OC)c(OC)c2)ccc1O.COCOc1cc(/C=C2\C(=O)Oc3ccccc32)cc(OCOC)c1.COc1ccc(/C=C/c2ccc(S(N)(=O)=O)cc2)cc1OC. The third-order valence-corrected chi connectivity index (χ3v) is 10.9. The molecule has 372 valence electrons. The number of phenols is 1. The summed E-state index contributed by atoms with van der Waals surface area (Å²) >= 11 is 0. The minimum absolute atomic E-state index is 0.0933. The maximum atomic E-state index is 12.2. The van der Waals surface area contributed by atoms with Gasteiger partial charge in [0.05, 0.1) is 45.5 Å². The van der Waals surface area contributed by atoms with Gasteiger partial charge in [0.2, 0.25) is 10.0 Å². The molecule has 0 saturated carbocycles. The molecule has 1 aliphatic rings. The topological polar surface area (TPSA) is 207 Å². The summed E-state index contributed by atoms with van der Waals surface area (Å²) in [7, 11) is 5.75. The highest BCUT2D eigenvalue weighted by Crippen LogP contribution is 2.36. The molecule has 0 atom stereocenters. The van der Waals surface area contributed by atoms with E-state index >= 15 is 0 Å². The number of nitrogens with two attached hydrogens (primary N) is 1. The number of hydrogen-bond acceptors (Lipinski definition) is 15. The number of sulfonamides is 1. The predicted octanol–water partition coefficient (Wildman–Crippen LogP) is 9.39. The van der Waals surface area contributed by atoms with E-state index in [9.17, 15) is 23.1 Å². The van der Waals surface area contributed by atoms with Gasteiger partial charge in [-0.15, -0.1) is 0 Å². The number of primary sulfonamides is 1. The fourth-order valence-electron chi connectivity index (χ4n) is 6.54. The average molecular weight is 990 g/mol.